The van der Waals surface area contributed by atoms with Crippen LogP contribution in [-0.2, 0) is 14.8 Å². The summed E-state index contributed by atoms with van der Waals surface area (Å²) in [5.41, 5.74) is 0.630. The molecule has 0 unspecified atom stereocenters. The average Bonchev–Trinajstić information content (AvgIpc) is 2.78. The molecule has 2 aromatic carbocycles. The van der Waals surface area contributed by atoms with Gasteiger partial charge in [-0.15, -0.1) is 0 Å². The second-order valence-corrected chi connectivity index (χ2v) is 9.94. The molecule has 7 nitrogen and oxygen atoms in total. The van der Waals surface area contributed by atoms with Gasteiger partial charge in [0.25, 0.3) is 5.91 Å². The highest BCUT2D eigenvalue weighted by molar-refractivity contribution is 7.89. The number of sulfonamides is 1. The van der Waals surface area contributed by atoms with Gasteiger partial charge in [0.05, 0.1) is 16.1 Å². The van der Waals surface area contributed by atoms with E-state index in [-0.39, 0.29) is 29.8 Å². The molecule has 1 aliphatic rings. The fourth-order valence-electron chi connectivity index (χ4n) is 3.50. The maximum atomic E-state index is 13.1. The fraction of sp³-hybridized carbons (Fsp3) is 0.364. The van der Waals surface area contributed by atoms with Crippen LogP contribution in [0.5, 0.6) is 0 Å². The second-order valence-electron chi connectivity index (χ2n) is 7.57. The van der Waals surface area contributed by atoms with E-state index < -0.39 is 21.8 Å². The number of halogens is 2. The van der Waals surface area contributed by atoms with Crippen LogP contribution >= 0.6 is 11.6 Å². The van der Waals surface area contributed by atoms with Crippen molar-refractivity contribution in [2.75, 3.05) is 25.0 Å². The zero-order valence-electron chi connectivity index (χ0n) is 17.6. The van der Waals surface area contributed by atoms with Gasteiger partial charge >= 0.3 is 0 Å². The summed E-state index contributed by atoms with van der Waals surface area (Å²) in [6, 6.07) is 9.33. The Bertz CT molecular complexity index is 1080. The quantitative estimate of drug-likeness (QED) is 0.630. The standard InChI is InChI=1S/C22H25ClFN3O4S/c1-2-11-25-22(29)19-8-3-16(23)14-20(19)26-21(28)15-9-12-27(13-10-15)32(30,31)18-6-4-17(24)5-7-18/h3-8,14-15H,2,9-13H2,1H3,(H,25,29)(H,26,28). The van der Waals surface area contributed by atoms with Crippen molar-refractivity contribution >= 4 is 39.1 Å². The van der Waals surface area contributed by atoms with Crippen molar-refractivity contribution in [1.82, 2.24) is 9.62 Å². The lowest BCUT2D eigenvalue weighted by molar-refractivity contribution is -0.120. The van der Waals surface area contributed by atoms with E-state index in [0.29, 0.717) is 35.7 Å². The van der Waals surface area contributed by atoms with Crippen molar-refractivity contribution in [3.8, 4) is 0 Å². The predicted molar refractivity (Wildman–Crippen MR) is 121 cm³/mol. The number of piperidine rings is 1. The molecular formula is C22H25ClFN3O4S. The molecule has 2 aromatic rings. The Morgan fingerprint density at radius 2 is 1.78 bits per heavy atom. The molecule has 2 N–H and O–H groups in total. The first-order valence-corrected chi connectivity index (χ1v) is 12.2. The Kier molecular flexibility index (Phi) is 7.86. The number of nitrogens with one attached hydrogen (secondary N) is 2. The van der Waals surface area contributed by atoms with Crippen LogP contribution in [-0.4, -0.2) is 44.2 Å². The van der Waals surface area contributed by atoms with Crippen molar-refractivity contribution in [2.45, 2.75) is 31.1 Å². The number of hydrogen-bond donors (Lipinski definition) is 2. The minimum Gasteiger partial charge on any atom is -0.352 e. The first-order valence-electron chi connectivity index (χ1n) is 10.4. The number of carbonyl (C=O) groups excluding carboxylic acids is 2. The highest BCUT2D eigenvalue weighted by Gasteiger charge is 2.32. The van der Waals surface area contributed by atoms with Crippen LogP contribution in [0.15, 0.2) is 47.4 Å². The van der Waals surface area contributed by atoms with Crippen molar-refractivity contribution in [2.24, 2.45) is 5.92 Å². The summed E-state index contributed by atoms with van der Waals surface area (Å²) in [5, 5.41) is 5.93. The van der Waals surface area contributed by atoms with Crippen LogP contribution < -0.4 is 10.6 Å². The van der Waals surface area contributed by atoms with Gasteiger partial charge in [-0.05, 0) is 61.7 Å². The van der Waals surface area contributed by atoms with Crippen molar-refractivity contribution < 1.29 is 22.4 Å². The number of hydrogen-bond acceptors (Lipinski definition) is 4. The van der Waals surface area contributed by atoms with Crippen LogP contribution in [0.3, 0.4) is 0 Å². The van der Waals surface area contributed by atoms with Gasteiger partial charge in [-0.25, -0.2) is 12.8 Å². The van der Waals surface area contributed by atoms with Gasteiger partial charge in [-0.1, -0.05) is 18.5 Å². The average molecular weight is 482 g/mol. The third-order valence-corrected chi connectivity index (χ3v) is 7.44. The summed E-state index contributed by atoms with van der Waals surface area (Å²) in [4.78, 5) is 25.3. The van der Waals surface area contributed by atoms with Crippen molar-refractivity contribution in [3.05, 3.63) is 58.9 Å². The van der Waals surface area contributed by atoms with E-state index in [2.05, 4.69) is 10.6 Å². The lowest BCUT2D eigenvalue weighted by Crippen LogP contribution is -2.41. The summed E-state index contributed by atoms with van der Waals surface area (Å²) in [6.45, 7) is 2.78. The molecule has 0 bridgehead atoms. The van der Waals surface area contributed by atoms with Crippen molar-refractivity contribution in [3.63, 3.8) is 0 Å². The van der Waals surface area contributed by atoms with Gasteiger partial charge in [0, 0.05) is 30.6 Å². The third kappa shape index (κ3) is 5.65. The Morgan fingerprint density at radius 1 is 1.12 bits per heavy atom. The highest BCUT2D eigenvalue weighted by atomic mass is 35.5. The highest BCUT2D eigenvalue weighted by Crippen LogP contribution is 2.27. The van der Waals surface area contributed by atoms with Crippen molar-refractivity contribution in [1.29, 1.82) is 0 Å². The summed E-state index contributed by atoms with van der Waals surface area (Å²) in [7, 11) is -3.75. The number of rotatable bonds is 7. The minimum atomic E-state index is -3.75. The van der Waals surface area contributed by atoms with E-state index in [4.69, 9.17) is 11.6 Å². The molecule has 1 fully saturated rings. The lowest BCUT2D eigenvalue weighted by Gasteiger charge is -2.30. The van der Waals surface area contributed by atoms with Gasteiger partial charge in [0.2, 0.25) is 15.9 Å². The van der Waals surface area contributed by atoms with Gasteiger partial charge in [0.15, 0.2) is 0 Å². The summed E-state index contributed by atoms with van der Waals surface area (Å²) >= 11 is 6.05. The number of carbonyl (C=O) groups is 2. The van der Waals surface area contributed by atoms with Gasteiger partial charge in [-0.2, -0.15) is 4.31 Å². The number of nitrogens with zero attached hydrogens (tertiary/aromatic N) is 1. The molecular weight excluding hydrogens is 457 g/mol. The van der Waals surface area contributed by atoms with E-state index in [0.717, 1.165) is 18.6 Å². The molecule has 0 atom stereocenters. The SMILES string of the molecule is CCCNC(=O)c1ccc(Cl)cc1NC(=O)C1CCN(S(=O)(=O)c2ccc(F)cc2)CC1. The van der Waals surface area contributed by atoms with E-state index in [1.54, 1.807) is 12.1 Å². The molecule has 1 heterocycles. The lowest BCUT2D eigenvalue weighted by atomic mass is 9.97. The van der Waals surface area contributed by atoms with E-state index >= 15 is 0 Å². The Hall–Kier alpha value is -2.49. The minimum absolute atomic E-state index is 0.0171. The molecule has 32 heavy (non-hydrogen) atoms. The van der Waals surface area contributed by atoms with Gasteiger partial charge < -0.3 is 10.6 Å². The van der Waals surface area contributed by atoms with Crippen LogP contribution in [0.25, 0.3) is 0 Å². The molecule has 172 valence electrons. The molecule has 10 heteroatoms. The predicted octanol–water partition coefficient (Wildman–Crippen LogP) is 3.66. The molecule has 0 spiro atoms. The zero-order chi connectivity index (χ0) is 23.3. The summed E-state index contributed by atoms with van der Waals surface area (Å²) < 4.78 is 39.9. The maximum absolute atomic E-state index is 13.1. The summed E-state index contributed by atoms with van der Waals surface area (Å²) in [5.74, 6) is -1.53. The first-order chi connectivity index (χ1) is 15.2. The largest absolute Gasteiger partial charge is 0.352 e. The van der Waals surface area contributed by atoms with Crippen LogP contribution in [0.4, 0.5) is 10.1 Å². The van der Waals surface area contributed by atoms with E-state index in [9.17, 15) is 22.4 Å². The normalized spacial score (nSPS) is 15.3. The molecule has 0 aliphatic carbocycles. The number of anilines is 1. The fourth-order valence-corrected chi connectivity index (χ4v) is 5.14. The van der Waals surface area contributed by atoms with Crippen LogP contribution in [0, 0.1) is 11.7 Å². The van der Waals surface area contributed by atoms with E-state index in [1.807, 2.05) is 6.92 Å². The number of benzene rings is 2. The smallest absolute Gasteiger partial charge is 0.253 e. The van der Waals surface area contributed by atoms with E-state index in [1.165, 1.54) is 22.5 Å². The molecule has 1 saturated heterocycles. The Labute approximate surface area is 192 Å². The molecule has 0 radical (unpaired) electrons. The molecule has 1 aliphatic heterocycles. The van der Waals surface area contributed by atoms with Crippen LogP contribution in [0.2, 0.25) is 5.02 Å². The van der Waals surface area contributed by atoms with Gasteiger partial charge in [0.1, 0.15) is 5.82 Å². The molecule has 3 rings (SSSR count). The monoisotopic (exact) mass is 481 g/mol. The Morgan fingerprint density at radius 3 is 2.41 bits per heavy atom. The van der Waals surface area contributed by atoms with Crippen LogP contribution in [0.1, 0.15) is 36.5 Å². The first kappa shape index (κ1) is 24.2. The number of amides is 2. The topological polar surface area (TPSA) is 95.6 Å². The molecule has 0 saturated carbocycles. The second kappa shape index (κ2) is 10.4. The third-order valence-electron chi connectivity index (χ3n) is 5.30. The molecule has 2 amide bonds. The molecule has 0 aromatic heterocycles. The zero-order valence-corrected chi connectivity index (χ0v) is 19.2. The Balaban J connectivity index is 1.66. The van der Waals surface area contributed by atoms with Gasteiger partial charge in [-0.3, -0.25) is 9.59 Å². The summed E-state index contributed by atoms with van der Waals surface area (Å²) in [6.07, 6.45) is 1.43. The maximum Gasteiger partial charge on any atom is 0.253 e.